The molecule has 6 heteroatoms. The topological polar surface area (TPSA) is 84.2 Å². The Balaban J connectivity index is 3.82. The molecule has 1 aromatic carbocycles. The molecule has 0 fully saturated rings. The van der Waals surface area contributed by atoms with E-state index in [0.29, 0.717) is 5.56 Å². The number of hydrogen-bond acceptors (Lipinski definition) is 5. The van der Waals surface area contributed by atoms with Crippen molar-refractivity contribution in [2.45, 2.75) is 24.7 Å². The highest BCUT2D eigenvalue weighted by molar-refractivity contribution is 7.90. The maximum Gasteiger partial charge on any atom is 0.339 e. The lowest BCUT2D eigenvalue weighted by molar-refractivity contribution is 0.0600. The van der Waals surface area contributed by atoms with Gasteiger partial charge in [0.2, 0.25) is 0 Å². The van der Waals surface area contributed by atoms with E-state index in [9.17, 15) is 18.5 Å². The van der Waals surface area contributed by atoms with Crippen molar-refractivity contribution in [2.24, 2.45) is 0 Å². The molecule has 0 aromatic heterocycles. The summed E-state index contributed by atoms with van der Waals surface area (Å²) in [6.45, 7) is 3.64. The van der Waals surface area contributed by atoms with E-state index >= 15 is 0 Å². The van der Waals surface area contributed by atoms with Crippen LogP contribution < -0.4 is 0 Å². The summed E-state index contributed by atoms with van der Waals surface area (Å²) in [5.41, 5.74) is 0.335. The fourth-order valence-corrected chi connectivity index (χ4v) is 3.10. The van der Waals surface area contributed by atoms with Crippen molar-refractivity contribution in [1.82, 2.24) is 0 Å². The molecule has 0 N–H and O–H groups in total. The van der Waals surface area contributed by atoms with E-state index in [0.717, 1.165) is 6.26 Å². The van der Waals surface area contributed by atoms with E-state index in [1.54, 1.807) is 12.1 Å². The van der Waals surface area contributed by atoms with Crippen LogP contribution in [0.5, 0.6) is 0 Å². The van der Waals surface area contributed by atoms with Crippen molar-refractivity contribution < 1.29 is 17.9 Å². The first-order valence-electron chi connectivity index (χ1n) is 5.59. The Morgan fingerprint density at radius 3 is 2.32 bits per heavy atom. The monoisotopic (exact) mass is 281 g/mol. The van der Waals surface area contributed by atoms with Crippen molar-refractivity contribution in [3.05, 3.63) is 28.8 Å². The molecule has 19 heavy (non-hydrogen) atoms. The first-order valence-corrected chi connectivity index (χ1v) is 7.48. The standard InChI is InChI=1S/C13H15NO4S/c1-8(2)9-5-6-10(13(15)18-3)11(7-14)12(9)19(4,16)17/h5-6,8H,1-4H3. The number of benzene rings is 1. The molecule has 1 aromatic rings. The summed E-state index contributed by atoms with van der Waals surface area (Å²) in [7, 11) is -2.44. The highest BCUT2D eigenvalue weighted by Gasteiger charge is 2.25. The number of hydrogen-bond donors (Lipinski definition) is 0. The number of carbonyl (C=O) groups excluding carboxylic acids is 1. The van der Waals surface area contributed by atoms with Crippen LogP contribution in [0.2, 0.25) is 0 Å². The second-order valence-corrected chi connectivity index (χ2v) is 6.39. The van der Waals surface area contributed by atoms with E-state index in [4.69, 9.17) is 0 Å². The minimum atomic E-state index is -3.62. The first kappa shape index (κ1) is 15.2. The third-order valence-electron chi connectivity index (χ3n) is 2.70. The predicted molar refractivity (Wildman–Crippen MR) is 69.7 cm³/mol. The molecule has 102 valence electrons. The Morgan fingerprint density at radius 1 is 1.37 bits per heavy atom. The third-order valence-corrected chi connectivity index (χ3v) is 3.88. The molecule has 0 bridgehead atoms. The smallest absolute Gasteiger partial charge is 0.339 e. The number of nitriles is 1. The van der Waals surface area contributed by atoms with Crippen LogP contribution >= 0.6 is 0 Å². The van der Waals surface area contributed by atoms with Gasteiger partial charge in [-0.25, -0.2) is 13.2 Å². The van der Waals surface area contributed by atoms with E-state index in [1.807, 2.05) is 13.8 Å². The molecule has 0 aliphatic carbocycles. The van der Waals surface area contributed by atoms with E-state index in [-0.39, 0.29) is 21.9 Å². The van der Waals surface area contributed by atoms with Crippen molar-refractivity contribution in [1.29, 1.82) is 5.26 Å². The second kappa shape index (κ2) is 5.41. The average molecular weight is 281 g/mol. The summed E-state index contributed by atoms with van der Waals surface area (Å²) in [4.78, 5) is 11.5. The molecule has 0 aliphatic rings. The highest BCUT2D eigenvalue weighted by atomic mass is 32.2. The lowest BCUT2D eigenvalue weighted by atomic mass is 9.97. The van der Waals surface area contributed by atoms with Crippen LogP contribution in [0.1, 0.15) is 41.3 Å². The van der Waals surface area contributed by atoms with Gasteiger partial charge in [0.1, 0.15) is 6.07 Å². The van der Waals surface area contributed by atoms with E-state index in [1.165, 1.54) is 13.2 Å². The van der Waals surface area contributed by atoms with Gasteiger partial charge in [0.05, 0.1) is 23.1 Å². The molecule has 0 amide bonds. The largest absolute Gasteiger partial charge is 0.465 e. The fraction of sp³-hybridized carbons (Fsp3) is 0.385. The minimum absolute atomic E-state index is 0.0326. The van der Waals surface area contributed by atoms with Crippen molar-refractivity contribution in [3.8, 4) is 6.07 Å². The summed E-state index contributed by atoms with van der Waals surface area (Å²) < 4.78 is 28.4. The number of methoxy groups -OCH3 is 1. The van der Waals surface area contributed by atoms with Gasteiger partial charge in [-0.05, 0) is 17.5 Å². The van der Waals surface area contributed by atoms with Crippen LogP contribution in [-0.4, -0.2) is 27.8 Å². The molecule has 0 spiro atoms. The number of rotatable bonds is 3. The van der Waals surface area contributed by atoms with Crippen LogP contribution in [0.15, 0.2) is 17.0 Å². The summed E-state index contributed by atoms with van der Waals surface area (Å²) >= 11 is 0. The zero-order valence-corrected chi connectivity index (χ0v) is 12.0. The maximum absolute atomic E-state index is 11.9. The van der Waals surface area contributed by atoms with Crippen LogP contribution in [0.4, 0.5) is 0 Å². The molecule has 0 radical (unpaired) electrons. The molecule has 5 nitrogen and oxygen atoms in total. The summed E-state index contributed by atoms with van der Waals surface area (Å²) in [5.74, 6) is -0.805. The molecule has 0 heterocycles. The summed E-state index contributed by atoms with van der Waals surface area (Å²) in [6.07, 6.45) is 1.02. The third kappa shape index (κ3) is 2.93. The summed E-state index contributed by atoms with van der Waals surface area (Å²) in [6, 6.07) is 4.78. The molecule has 0 aliphatic heterocycles. The lowest BCUT2D eigenvalue weighted by Gasteiger charge is -2.14. The predicted octanol–water partition coefficient (Wildman–Crippen LogP) is 1.87. The average Bonchev–Trinajstić information content (AvgIpc) is 2.34. The van der Waals surface area contributed by atoms with Crippen molar-refractivity contribution in [2.75, 3.05) is 13.4 Å². The highest BCUT2D eigenvalue weighted by Crippen LogP contribution is 2.29. The molecule has 0 saturated carbocycles. The van der Waals surface area contributed by atoms with Gasteiger partial charge in [0, 0.05) is 6.26 Å². The van der Waals surface area contributed by atoms with Gasteiger partial charge >= 0.3 is 5.97 Å². The van der Waals surface area contributed by atoms with Gasteiger partial charge < -0.3 is 4.74 Å². The zero-order valence-electron chi connectivity index (χ0n) is 11.2. The van der Waals surface area contributed by atoms with Crippen LogP contribution in [-0.2, 0) is 14.6 Å². The quantitative estimate of drug-likeness (QED) is 0.790. The maximum atomic E-state index is 11.9. The van der Waals surface area contributed by atoms with Gasteiger partial charge in [-0.1, -0.05) is 19.9 Å². The molecule has 0 saturated heterocycles. The van der Waals surface area contributed by atoms with E-state index in [2.05, 4.69) is 4.74 Å². The van der Waals surface area contributed by atoms with E-state index < -0.39 is 15.8 Å². The Bertz CT molecular complexity index is 654. The van der Waals surface area contributed by atoms with Crippen LogP contribution in [0.3, 0.4) is 0 Å². The molecule has 0 atom stereocenters. The van der Waals surface area contributed by atoms with Crippen molar-refractivity contribution >= 4 is 15.8 Å². The van der Waals surface area contributed by atoms with Gasteiger partial charge in [-0.3, -0.25) is 0 Å². The number of ether oxygens (including phenoxy) is 1. The van der Waals surface area contributed by atoms with Crippen molar-refractivity contribution in [3.63, 3.8) is 0 Å². The lowest BCUT2D eigenvalue weighted by Crippen LogP contribution is -2.12. The van der Waals surface area contributed by atoms with Gasteiger partial charge in [-0.15, -0.1) is 0 Å². The van der Waals surface area contributed by atoms with Crippen LogP contribution in [0.25, 0.3) is 0 Å². The first-order chi connectivity index (χ1) is 8.73. The number of nitrogens with zero attached hydrogens (tertiary/aromatic N) is 1. The zero-order chi connectivity index (χ0) is 14.8. The minimum Gasteiger partial charge on any atom is -0.465 e. The normalized spacial score (nSPS) is 11.2. The molecule has 1 rings (SSSR count). The Labute approximate surface area is 112 Å². The van der Waals surface area contributed by atoms with Gasteiger partial charge in [0.15, 0.2) is 9.84 Å². The molecular weight excluding hydrogens is 266 g/mol. The Hall–Kier alpha value is -1.87. The number of esters is 1. The number of sulfone groups is 1. The SMILES string of the molecule is COC(=O)c1ccc(C(C)C)c(S(C)(=O)=O)c1C#N. The van der Waals surface area contributed by atoms with Crippen LogP contribution in [0, 0.1) is 11.3 Å². The molecular formula is C13H15NO4S. The second-order valence-electron chi connectivity index (χ2n) is 4.44. The Kier molecular flexibility index (Phi) is 4.32. The number of carbonyl (C=O) groups is 1. The molecule has 0 unspecified atom stereocenters. The Morgan fingerprint density at radius 2 is 1.95 bits per heavy atom. The van der Waals surface area contributed by atoms with Gasteiger partial charge in [-0.2, -0.15) is 5.26 Å². The van der Waals surface area contributed by atoms with Gasteiger partial charge in [0.25, 0.3) is 0 Å². The fourth-order valence-electron chi connectivity index (χ4n) is 1.84. The summed E-state index contributed by atoms with van der Waals surface area (Å²) in [5, 5.41) is 9.19.